The highest BCUT2D eigenvalue weighted by Gasteiger charge is 2.46. The van der Waals surface area contributed by atoms with E-state index in [4.69, 9.17) is 5.73 Å². The van der Waals surface area contributed by atoms with Gasteiger partial charge in [-0.3, -0.25) is 4.79 Å². The van der Waals surface area contributed by atoms with Crippen molar-refractivity contribution >= 4 is 51.9 Å². The number of hydrogen-bond donors (Lipinski definition) is 2. The Morgan fingerprint density at radius 2 is 1.29 bits per heavy atom. The zero-order chi connectivity index (χ0) is 26.5. The average molecular weight is 591 g/mol. The second kappa shape index (κ2) is 11.7. The Bertz CT molecular complexity index is 1460. The molecule has 0 aromatic carbocycles. The van der Waals surface area contributed by atoms with Crippen LogP contribution in [0.25, 0.3) is 21.1 Å². The van der Waals surface area contributed by atoms with Gasteiger partial charge >= 0.3 is 0 Å². The van der Waals surface area contributed by atoms with Crippen molar-refractivity contribution in [3.8, 4) is 21.1 Å². The fourth-order valence-corrected chi connectivity index (χ4v) is 7.08. The molecule has 4 fully saturated rings. The van der Waals surface area contributed by atoms with Crippen LogP contribution in [0.2, 0.25) is 0 Å². The van der Waals surface area contributed by atoms with Crippen LogP contribution in [0, 0.1) is 23.7 Å². The van der Waals surface area contributed by atoms with Crippen LogP contribution in [0.5, 0.6) is 0 Å². The number of carbonyl (C=O) groups excluding carboxylic acids is 1. The highest BCUT2D eigenvalue weighted by Crippen LogP contribution is 2.46. The maximum absolute atomic E-state index is 11.0. The van der Waals surface area contributed by atoms with Crippen LogP contribution in [0.4, 0.5) is 23.3 Å². The third-order valence-corrected chi connectivity index (χ3v) is 9.73. The molecule has 41 heavy (non-hydrogen) atoms. The molecule has 4 aromatic heterocycles. The molecule has 9 nitrogen and oxygen atoms in total. The van der Waals surface area contributed by atoms with Crippen LogP contribution < -0.4 is 20.9 Å². The highest BCUT2D eigenvalue weighted by atomic mass is 32.1. The largest absolute Gasteiger partial charge is 0.383 e. The number of pyridine rings is 2. The van der Waals surface area contributed by atoms with Crippen molar-refractivity contribution in [2.45, 2.75) is 34.6 Å². The minimum Gasteiger partial charge on any atom is -0.383 e. The lowest BCUT2D eigenvalue weighted by atomic mass is 10.3. The summed E-state index contributed by atoms with van der Waals surface area (Å²) in [5.41, 5.74) is 7.67. The minimum absolute atomic E-state index is 0. The van der Waals surface area contributed by atoms with Gasteiger partial charge in [0.25, 0.3) is 0 Å². The van der Waals surface area contributed by atoms with Crippen molar-refractivity contribution in [1.29, 1.82) is 0 Å². The van der Waals surface area contributed by atoms with Crippen molar-refractivity contribution in [2.75, 3.05) is 47.0 Å². The summed E-state index contributed by atoms with van der Waals surface area (Å²) in [5, 5.41) is 8.21. The molecular weight excluding hydrogens is 553 g/mol. The van der Waals surface area contributed by atoms with Crippen LogP contribution in [-0.4, -0.2) is 52.0 Å². The molecule has 8 rings (SSSR count). The normalized spacial score (nSPS) is 22.9. The number of carbonyl (C=O) groups is 1. The van der Waals surface area contributed by atoms with E-state index in [1.807, 2.05) is 23.2 Å². The lowest BCUT2D eigenvalue weighted by molar-refractivity contribution is -0.114. The summed E-state index contributed by atoms with van der Waals surface area (Å²) in [7, 11) is 0. The van der Waals surface area contributed by atoms with E-state index >= 15 is 0 Å². The van der Waals surface area contributed by atoms with E-state index in [1.165, 1.54) is 44.2 Å². The first-order valence-electron chi connectivity index (χ1n) is 13.4. The number of thiazole rings is 2. The predicted octanol–water partition coefficient (Wildman–Crippen LogP) is 6.14. The molecule has 216 valence electrons. The molecule has 2 aliphatic heterocycles. The number of aromatic nitrogens is 4. The maximum atomic E-state index is 11.0. The molecule has 4 aromatic rings. The Hall–Kier alpha value is -3.57. The van der Waals surface area contributed by atoms with Crippen molar-refractivity contribution in [3.63, 3.8) is 0 Å². The first-order chi connectivity index (χ1) is 19.0. The third kappa shape index (κ3) is 6.36. The summed E-state index contributed by atoms with van der Waals surface area (Å²) in [6, 6.07) is 8.31. The number of piperidine rings is 2. The van der Waals surface area contributed by atoms with Gasteiger partial charge in [0.15, 0.2) is 0 Å². The standard InChI is InChI=1S/C15H16N4OS.C13H14N4S.2CH4/c1-9(20)17-13-8-21-15(18-13)10-2-3-14(16-5-10)19-6-11-4-12(11)7-19;14-11-7-18-13(16-11)8-1-2-12(15-4-8)17-5-9-3-10(9)6-17;;/h2-3,5,8,11-12H,4,6-7H2,1H3,(H,17,20);1-2,4,7,9-10H,3,5-6,14H2;2*1H4. The fraction of sp³-hybridized carbons (Fsp3) is 0.433. The van der Waals surface area contributed by atoms with Crippen LogP contribution in [0.3, 0.4) is 0 Å². The van der Waals surface area contributed by atoms with E-state index in [0.717, 1.165) is 69.5 Å². The van der Waals surface area contributed by atoms with Crippen LogP contribution >= 0.6 is 22.7 Å². The molecule has 11 heteroatoms. The van der Waals surface area contributed by atoms with Gasteiger partial charge in [0.05, 0.1) is 0 Å². The average Bonchev–Trinajstić information content (AvgIpc) is 3.50. The summed E-state index contributed by atoms with van der Waals surface area (Å²) in [4.78, 5) is 33.6. The van der Waals surface area contributed by atoms with Gasteiger partial charge in [0.1, 0.15) is 33.3 Å². The molecule has 0 radical (unpaired) electrons. The number of anilines is 4. The number of nitrogens with one attached hydrogen (secondary N) is 1. The molecule has 4 atom stereocenters. The van der Waals surface area contributed by atoms with Crippen molar-refractivity contribution < 1.29 is 4.79 Å². The molecule has 0 spiro atoms. The van der Waals surface area contributed by atoms with Crippen molar-refractivity contribution in [3.05, 3.63) is 47.4 Å². The second-order valence-corrected chi connectivity index (χ2v) is 12.6. The van der Waals surface area contributed by atoms with Gasteiger partial charge in [-0.05, 0) is 60.8 Å². The number of nitrogens with two attached hydrogens (primary N) is 1. The van der Waals surface area contributed by atoms with Gasteiger partial charge in [-0.2, -0.15) is 0 Å². The molecule has 2 saturated carbocycles. The topological polar surface area (TPSA) is 113 Å². The summed E-state index contributed by atoms with van der Waals surface area (Å²) >= 11 is 3.07. The van der Waals surface area contributed by atoms with E-state index < -0.39 is 0 Å². The van der Waals surface area contributed by atoms with Crippen LogP contribution in [-0.2, 0) is 4.79 Å². The van der Waals surface area contributed by atoms with Gasteiger partial charge in [-0.15, -0.1) is 22.7 Å². The summed E-state index contributed by atoms with van der Waals surface area (Å²) in [6.07, 6.45) is 6.60. The molecule has 6 heterocycles. The molecule has 2 saturated heterocycles. The van der Waals surface area contributed by atoms with Crippen molar-refractivity contribution in [2.24, 2.45) is 23.7 Å². The summed E-state index contributed by atoms with van der Waals surface area (Å²) in [6.45, 7) is 6.15. The Labute approximate surface area is 249 Å². The van der Waals surface area contributed by atoms with Gasteiger partial charge in [0.2, 0.25) is 5.91 Å². The monoisotopic (exact) mass is 590 g/mol. The maximum Gasteiger partial charge on any atom is 0.222 e. The van der Waals surface area contributed by atoms with Crippen LogP contribution in [0.1, 0.15) is 34.6 Å². The molecule has 2 aliphatic carbocycles. The Balaban J connectivity index is 0.000000158. The molecular formula is C30H38N8OS2. The number of amides is 1. The Morgan fingerprint density at radius 1 is 0.805 bits per heavy atom. The number of nitrogens with zero attached hydrogens (tertiary/aromatic N) is 6. The quantitative estimate of drug-likeness (QED) is 0.285. The molecule has 3 N–H and O–H groups in total. The zero-order valence-corrected chi connectivity index (χ0v) is 23.3. The van der Waals surface area contributed by atoms with E-state index in [2.05, 4.69) is 59.3 Å². The van der Waals surface area contributed by atoms with Gasteiger partial charge in [-0.25, -0.2) is 19.9 Å². The Morgan fingerprint density at radius 3 is 1.71 bits per heavy atom. The molecule has 0 bridgehead atoms. The summed E-state index contributed by atoms with van der Waals surface area (Å²) in [5.74, 6) is 6.92. The molecule has 4 unspecified atom stereocenters. The fourth-order valence-electron chi connectivity index (χ4n) is 5.63. The first-order valence-corrected chi connectivity index (χ1v) is 15.1. The first kappa shape index (κ1) is 28.9. The smallest absolute Gasteiger partial charge is 0.222 e. The predicted molar refractivity (Wildman–Crippen MR) is 170 cm³/mol. The van der Waals surface area contributed by atoms with E-state index in [-0.39, 0.29) is 20.8 Å². The lowest BCUT2D eigenvalue weighted by Gasteiger charge is -2.18. The van der Waals surface area contributed by atoms with Gasteiger partial charge in [0, 0.05) is 67.4 Å². The number of nitrogen functional groups attached to an aromatic ring is 1. The van der Waals surface area contributed by atoms with Gasteiger partial charge < -0.3 is 20.9 Å². The second-order valence-electron chi connectivity index (χ2n) is 10.9. The highest BCUT2D eigenvalue weighted by molar-refractivity contribution is 7.13. The van der Waals surface area contributed by atoms with E-state index in [0.29, 0.717) is 11.6 Å². The van der Waals surface area contributed by atoms with E-state index in [9.17, 15) is 4.79 Å². The number of fused-ring (bicyclic) bond motifs is 2. The van der Waals surface area contributed by atoms with Crippen LogP contribution in [0.15, 0.2) is 47.4 Å². The molecule has 1 amide bonds. The zero-order valence-electron chi connectivity index (χ0n) is 21.7. The lowest BCUT2D eigenvalue weighted by Crippen LogP contribution is -2.22. The van der Waals surface area contributed by atoms with Gasteiger partial charge in [-0.1, -0.05) is 14.9 Å². The van der Waals surface area contributed by atoms with Crippen molar-refractivity contribution in [1.82, 2.24) is 19.9 Å². The summed E-state index contributed by atoms with van der Waals surface area (Å²) < 4.78 is 0. The SMILES string of the molecule is C.C.CC(=O)Nc1csc(-c2ccc(N3CC4CC4C3)nc2)n1.Nc1csc(-c2ccc(N3CC4CC4C3)nc2)n1. The van der Waals surface area contributed by atoms with E-state index in [1.54, 1.807) is 11.3 Å². The molecule has 4 aliphatic rings. The Kier molecular flexibility index (Phi) is 8.28. The number of rotatable bonds is 5. The minimum atomic E-state index is -0.104. The number of hydrogen-bond acceptors (Lipinski definition) is 10. The third-order valence-electron chi connectivity index (χ3n) is 7.93.